The molecule has 1 amide bonds. The molecule has 0 spiro atoms. The standard InChI is InChI=1S/C22H25N3O4S/c1-24-30(27,28)16-19-11-12-25(22(26)29-15-18-5-3-2-4-6-18)21(13-19)20-9-7-17(14-23)8-10-20/h2-10,19,21,24H,11-13,15-16H2,1H3. The number of nitriles is 1. The molecule has 2 aromatic carbocycles. The van der Waals surface area contributed by atoms with Crippen molar-refractivity contribution in [3.63, 3.8) is 0 Å². The van der Waals surface area contributed by atoms with E-state index in [-0.39, 0.29) is 24.3 Å². The van der Waals surface area contributed by atoms with Crippen molar-refractivity contribution in [3.8, 4) is 6.07 Å². The van der Waals surface area contributed by atoms with Crippen LogP contribution in [-0.4, -0.2) is 38.8 Å². The van der Waals surface area contributed by atoms with Crippen LogP contribution in [0, 0.1) is 17.2 Å². The molecule has 0 saturated carbocycles. The van der Waals surface area contributed by atoms with Gasteiger partial charge in [0.2, 0.25) is 10.0 Å². The predicted molar refractivity (Wildman–Crippen MR) is 113 cm³/mol. The lowest BCUT2D eigenvalue weighted by molar-refractivity contribution is 0.0590. The van der Waals surface area contributed by atoms with Crippen LogP contribution in [0.4, 0.5) is 4.79 Å². The average Bonchev–Trinajstić information content (AvgIpc) is 2.78. The smallest absolute Gasteiger partial charge is 0.410 e. The van der Waals surface area contributed by atoms with Crippen LogP contribution < -0.4 is 4.72 Å². The van der Waals surface area contributed by atoms with Crippen molar-refractivity contribution in [2.24, 2.45) is 5.92 Å². The van der Waals surface area contributed by atoms with Gasteiger partial charge in [-0.25, -0.2) is 17.9 Å². The monoisotopic (exact) mass is 427 g/mol. The highest BCUT2D eigenvalue weighted by molar-refractivity contribution is 7.89. The number of amides is 1. The molecule has 158 valence electrons. The van der Waals surface area contributed by atoms with Gasteiger partial charge in [-0.15, -0.1) is 0 Å². The number of piperidine rings is 1. The van der Waals surface area contributed by atoms with Gasteiger partial charge in [0.25, 0.3) is 0 Å². The number of sulfonamides is 1. The molecule has 1 N–H and O–H groups in total. The lowest BCUT2D eigenvalue weighted by Gasteiger charge is -2.39. The van der Waals surface area contributed by atoms with Crippen LogP contribution >= 0.6 is 0 Å². The van der Waals surface area contributed by atoms with Crippen LogP contribution in [0.2, 0.25) is 0 Å². The van der Waals surface area contributed by atoms with Crippen molar-refractivity contribution in [2.75, 3.05) is 19.3 Å². The zero-order valence-electron chi connectivity index (χ0n) is 16.8. The minimum absolute atomic E-state index is 0.0170. The first kappa shape index (κ1) is 21.8. The van der Waals surface area contributed by atoms with E-state index in [1.54, 1.807) is 17.0 Å². The lowest BCUT2D eigenvalue weighted by Crippen LogP contribution is -2.43. The van der Waals surface area contributed by atoms with E-state index in [0.717, 1.165) is 11.1 Å². The third-order valence-corrected chi connectivity index (χ3v) is 6.87. The first-order valence-corrected chi connectivity index (χ1v) is 11.5. The minimum Gasteiger partial charge on any atom is -0.445 e. The fraction of sp³-hybridized carbons (Fsp3) is 0.364. The molecule has 7 nitrogen and oxygen atoms in total. The largest absolute Gasteiger partial charge is 0.445 e. The van der Waals surface area contributed by atoms with E-state index in [2.05, 4.69) is 10.8 Å². The van der Waals surface area contributed by atoms with Gasteiger partial charge >= 0.3 is 6.09 Å². The third-order valence-electron chi connectivity index (χ3n) is 5.34. The maximum absolute atomic E-state index is 12.8. The zero-order chi connectivity index (χ0) is 21.6. The Morgan fingerprint density at radius 2 is 1.90 bits per heavy atom. The molecule has 1 fully saturated rings. The third kappa shape index (κ3) is 5.59. The van der Waals surface area contributed by atoms with E-state index in [9.17, 15) is 13.2 Å². The number of nitrogens with one attached hydrogen (secondary N) is 1. The van der Waals surface area contributed by atoms with E-state index in [4.69, 9.17) is 10.00 Å². The molecular weight excluding hydrogens is 402 g/mol. The number of hydrogen-bond donors (Lipinski definition) is 1. The highest BCUT2D eigenvalue weighted by atomic mass is 32.2. The van der Waals surface area contributed by atoms with Crippen LogP contribution in [0.3, 0.4) is 0 Å². The normalized spacial score (nSPS) is 19.1. The molecule has 0 radical (unpaired) electrons. The Labute approximate surface area is 177 Å². The van der Waals surface area contributed by atoms with Gasteiger partial charge in [-0.3, -0.25) is 0 Å². The van der Waals surface area contributed by atoms with Crippen molar-refractivity contribution < 1.29 is 17.9 Å². The Morgan fingerprint density at radius 1 is 1.20 bits per heavy atom. The summed E-state index contributed by atoms with van der Waals surface area (Å²) in [6.45, 7) is 0.579. The minimum atomic E-state index is -3.35. The number of hydrogen-bond acceptors (Lipinski definition) is 5. The highest BCUT2D eigenvalue weighted by Gasteiger charge is 2.35. The number of benzene rings is 2. The summed E-state index contributed by atoms with van der Waals surface area (Å²) in [5.41, 5.74) is 2.29. The predicted octanol–water partition coefficient (Wildman–Crippen LogP) is 3.20. The molecule has 1 heterocycles. The van der Waals surface area contributed by atoms with Crippen LogP contribution in [-0.2, 0) is 21.4 Å². The summed E-state index contributed by atoms with van der Waals surface area (Å²) in [5, 5.41) is 9.05. The average molecular weight is 428 g/mol. The second kappa shape index (κ2) is 9.74. The molecule has 3 rings (SSSR count). The maximum atomic E-state index is 12.8. The summed E-state index contributed by atoms with van der Waals surface area (Å²) >= 11 is 0. The van der Waals surface area contributed by atoms with Crippen LogP contribution in [0.25, 0.3) is 0 Å². The van der Waals surface area contributed by atoms with E-state index >= 15 is 0 Å². The van der Waals surface area contributed by atoms with Gasteiger partial charge < -0.3 is 9.64 Å². The Kier molecular flexibility index (Phi) is 7.08. The van der Waals surface area contributed by atoms with Crippen molar-refractivity contribution in [3.05, 3.63) is 71.3 Å². The number of carbonyl (C=O) groups is 1. The summed E-state index contributed by atoms with van der Waals surface area (Å²) in [7, 11) is -1.94. The second-order valence-electron chi connectivity index (χ2n) is 7.36. The Morgan fingerprint density at radius 3 is 2.53 bits per heavy atom. The maximum Gasteiger partial charge on any atom is 0.410 e. The fourth-order valence-electron chi connectivity index (χ4n) is 3.70. The van der Waals surface area contributed by atoms with Crippen LogP contribution in [0.1, 0.15) is 35.6 Å². The molecule has 1 aliphatic rings. The summed E-state index contributed by atoms with van der Waals surface area (Å²) in [4.78, 5) is 14.5. The van der Waals surface area contributed by atoms with E-state index in [1.165, 1.54) is 7.05 Å². The topological polar surface area (TPSA) is 99.5 Å². The van der Waals surface area contributed by atoms with Gasteiger partial charge in [-0.1, -0.05) is 42.5 Å². The van der Waals surface area contributed by atoms with E-state index < -0.39 is 16.1 Å². The number of carbonyl (C=O) groups excluding carboxylic acids is 1. The molecule has 2 unspecified atom stereocenters. The summed E-state index contributed by atoms with van der Waals surface area (Å²) in [6.07, 6.45) is 0.657. The van der Waals surface area contributed by atoms with Crippen molar-refractivity contribution in [2.45, 2.75) is 25.5 Å². The molecule has 2 aromatic rings. The summed E-state index contributed by atoms with van der Waals surface area (Å²) in [6, 6.07) is 18.3. The fourth-order valence-corrected chi connectivity index (χ4v) is 4.79. The molecule has 30 heavy (non-hydrogen) atoms. The van der Waals surface area contributed by atoms with Gasteiger partial charge in [0.15, 0.2) is 0 Å². The van der Waals surface area contributed by atoms with Gasteiger partial charge in [0.1, 0.15) is 6.61 Å². The van der Waals surface area contributed by atoms with Gasteiger partial charge in [0, 0.05) is 6.54 Å². The van der Waals surface area contributed by atoms with E-state index in [0.29, 0.717) is 24.9 Å². The number of likely N-dealkylation sites (tertiary alicyclic amines) is 1. The van der Waals surface area contributed by atoms with Crippen LogP contribution in [0.5, 0.6) is 0 Å². The second-order valence-corrected chi connectivity index (χ2v) is 9.33. The van der Waals surface area contributed by atoms with Crippen LogP contribution in [0.15, 0.2) is 54.6 Å². The van der Waals surface area contributed by atoms with Gasteiger partial charge in [-0.2, -0.15) is 5.26 Å². The molecule has 0 bridgehead atoms. The molecule has 1 saturated heterocycles. The number of ether oxygens (including phenoxy) is 1. The summed E-state index contributed by atoms with van der Waals surface area (Å²) < 4.78 is 31.9. The zero-order valence-corrected chi connectivity index (χ0v) is 17.6. The molecule has 1 aliphatic heterocycles. The Hall–Kier alpha value is -2.89. The lowest BCUT2D eigenvalue weighted by atomic mass is 9.88. The van der Waals surface area contributed by atoms with E-state index in [1.807, 2.05) is 42.5 Å². The van der Waals surface area contributed by atoms with Crippen molar-refractivity contribution >= 4 is 16.1 Å². The van der Waals surface area contributed by atoms with Gasteiger partial charge in [0.05, 0.1) is 23.4 Å². The quantitative estimate of drug-likeness (QED) is 0.763. The molecule has 8 heteroatoms. The Balaban J connectivity index is 1.77. The highest BCUT2D eigenvalue weighted by Crippen LogP contribution is 2.35. The molecular formula is C22H25N3O4S. The molecule has 2 atom stereocenters. The first-order valence-electron chi connectivity index (χ1n) is 9.80. The van der Waals surface area contributed by atoms with Crippen molar-refractivity contribution in [1.82, 2.24) is 9.62 Å². The molecule has 0 aliphatic carbocycles. The molecule has 0 aromatic heterocycles. The Bertz CT molecular complexity index is 1000. The first-order chi connectivity index (χ1) is 14.4. The number of rotatable bonds is 6. The van der Waals surface area contributed by atoms with Crippen molar-refractivity contribution in [1.29, 1.82) is 5.26 Å². The SMILES string of the molecule is CNS(=O)(=O)CC1CCN(C(=O)OCc2ccccc2)C(c2ccc(C#N)cc2)C1. The van der Waals surface area contributed by atoms with Gasteiger partial charge in [-0.05, 0) is 49.1 Å². The number of nitrogens with zero attached hydrogens (tertiary/aromatic N) is 2. The summed E-state index contributed by atoms with van der Waals surface area (Å²) in [5.74, 6) is -0.0651.